The van der Waals surface area contributed by atoms with Gasteiger partial charge in [0.1, 0.15) is 4.90 Å². The first-order valence-corrected chi connectivity index (χ1v) is 9.57. The lowest BCUT2D eigenvalue weighted by molar-refractivity contribution is 0.0846. The van der Waals surface area contributed by atoms with Crippen LogP contribution in [0.3, 0.4) is 0 Å². The molecule has 0 aliphatic carbocycles. The summed E-state index contributed by atoms with van der Waals surface area (Å²) < 4.78 is 25.9. The Bertz CT molecular complexity index is 928. The van der Waals surface area contributed by atoms with Crippen LogP contribution >= 0.6 is 11.6 Å². The Kier molecular flexibility index (Phi) is 6.36. The fraction of sp³-hybridized carbons (Fsp3) is 0.176. The third kappa shape index (κ3) is 4.60. The van der Waals surface area contributed by atoms with Crippen molar-refractivity contribution in [3.8, 4) is 0 Å². The lowest BCUT2D eigenvalue weighted by atomic mass is 10.1. The van der Waals surface area contributed by atoms with Crippen molar-refractivity contribution in [3.63, 3.8) is 0 Å². The number of carbonyl (C=O) groups is 2. The van der Waals surface area contributed by atoms with E-state index in [1.54, 1.807) is 12.1 Å². The highest BCUT2D eigenvalue weighted by atomic mass is 35.5. The van der Waals surface area contributed by atoms with E-state index >= 15 is 0 Å². The fourth-order valence-electron chi connectivity index (χ4n) is 2.11. The summed E-state index contributed by atoms with van der Waals surface area (Å²) in [5.41, 5.74) is 6.04. The average Bonchev–Trinajstić information content (AvgIpc) is 2.66. The minimum absolute atomic E-state index is 0.0176. The first kappa shape index (κ1) is 19.9. The molecular formula is C17H18ClN3O4S. The number of amides is 2. The van der Waals surface area contributed by atoms with E-state index in [1.165, 1.54) is 19.2 Å². The summed E-state index contributed by atoms with van der Waals surface area (Å²) in [6.07, 6.45) is 0.854. The number of rotatable bonds is 5. The maximum Gasteiger partial charge on any atom is 0.269 e. The molecule has 0 unspecified atom stereocenters. The van der Waals surface area contributed by atoms with E-state index < -0.39 is 21.8 Å². The number of hydrogen-bond donors (Lipinski definition) is 3. The molecule has 2 aromatic carbocycles. The maximum atomic E-state index is 12.2. The van der Waals surface area contributed by atoms with E-state index in [0.29, 0.717) is 5.56 Å². The lowest BCUT2D eigenvalue weighted by Crippen LogP contribution is -2.41. The van der Waals surface area contributed by atoms with Crippen LogP contribution in [0.2, 0.25) is 5.02 Å². The van der Waals surface area contributed by atoms with Crippen LogP contribution in [0.4, 0.5) is 0 Å². The molecule has 0 atom stereocenters. The van der Waals surface area contributed by atoms with E-state index in [9.17, 15) is 18.0 Å². The predicted octanol–water partition coefficient (Wildman–Crippen LogP) is 1.89. The smallest absolute Gasteiger partial charge is 0.267 e. The topological polar surface area (TPSA) is 104 Å². The van der Waals surface area contributed by atoms with Crippen LogP contribution in [0.5, 0.6) is 0 Å². The Morgan fingerprint density at radius 1 is 0.962 bits per heavy atom. The molecule has 0 aromatic heterocycles. The number of sulfonamides is 1. The Morgan fingerprint density at radius 2 is 1.50 bits per heavy atom. The minimum atomic E-state index is -3.82. The van der Waals surface area contributed by atoms with Crippen LogP contribution in [0.1, 0.15) is 33.2 Å². The van der Waals surface area contributed by atoms with Crippen molar-refractivity contribution >= 4 is 33.4 Å². The summed E-state index contributed by atoms with van der Waals surface area (Å²) in [6, 6.07) is 10.7. The fourth-order valence-corrected chi connectivity index (χ4v) is 3.36. The highest BCUT2D eigenvalue weighted by molar-refractivity contribution is 7.89. The van der Waals surface area contributed by atoms with Gasteiger partial charge in [-0.1, -0.05) is 30.7 Å². The van der Waals surface area contributed by atoms with Crippen molar-refractivity contribution in [1.29, 1.82) is 0 Å². The van der Waals surface area contributed by atoms with Gasteiger partial charge < -0.3 is 0 Å². The van der Waals surface area contributed by atoms with E-state index in [1.807, 2.05) is 19.1 Å². The van der Waals surface area contributed by atoms with Gasteiger partial charge in [-0.05, 0) is 49.4 Å². The Hall–Kier alpha value is -2.42. The van der Waals surface area contributed by atoms with Gasteiger partial charge >= 0.3 is 0 Å². The van der Waals surface area contributed by atoms with Crippen LogP contribution in [0.25, 0.3) is 0 Å². The van der Waals surface area contributed by atoms with Crippen molar-refractivity contribution in [1.82, 2.24) is 15.6 Å². The summed E-state index contributed by atoms with van der Waals surface area (Å²) in [4.78, 5) is 24.0. The normalized spacial score (nSPS) is 11.0. The molecule has 0 bridgehead atoms. The predicted molar refractivity (Wildman–Crippen MR) is 98.4 cm³/mol. The molecule has 138 valence electrons. The Morgan fingerprint density at radius 3 is 2.04 bits per heavy atom. The Balaban J connectivity index is 2.10. The molecule has 3 N–H and O–H groups in total. The van der Waals surface area contributed by atoms with E-state index in [0.717, 1.165) is 18.1 Å². The van der Waals surface area contributed by atoms with Crippen molar-refractivity contribution < 1.29 is 18.0 Å². The number of halogens is 1. The van der Waals surface area contributed by atoms with Gasteiger partial charge in [0.2, 0.25) is 10.0 Å². The van der Waals surface area contributed by atoms with Crippen LogP contribution in [-0.4, -0.2) is 27.3 Å². The number of hydrogen-bond acceptors (Lipinski definition) is 4. The van der Waals surface area contributed by atoms with Crippen LogP contribution in [-0.2, 0) is 16.4 Å². The quantitative estimate of drug-likeness (QED) is 0.672. The molecule has 7 nitrogen and oxygen atoms in total. The second-order valence-electron chi connectivity index (χ2n) is 5.31. The van der Waals surface area contributed by atoms with E-state index in [2.05, 4.69) is 15.6 Å². The monoisotopic (exact) mass is 395 g/mol. The molecule has 0 fully saturated rings. The van der Waals surface area contributed by atoms with Gasteiger partial charge in [0.15, 0.2) is 0 Å². The molecule has 26 heavy (non-hydrogen) atoms. The molecule has 0 spiro atoms. The zero-order valence-corrected chi connectivity index (χ0v) is 15.7. The summed E-state index contributed by atoms with van der Waals surface area (Å²) >= 11 is 5.88. The summed E-state index contributed by atoms with van der Waals surface area (Å²) in [5, 5.41) is -0.0176. The molecule has 0 heterocycles. The third-order valence-electron chi connectivity index (χ3n) is 3.67. The summed E-state index contributed by atoms with van der Waals surface area (Å²) in [7, 11) is -2.58. The van der Waals surface area contributed by atoms with Crippen molar-refractivity contribution in [3.05, 3.63) is 64.2 Å². The third-order valence-corrected chi connectivity index (χ3v) is 5.56. The number of benzene rings is 2. The number of carbonyl (C=O) groups excluding carboxylic acids is 2. The van der Waals surface area contributed by atoms with Gasteiger partial charge in [0.05, 0.1) is 5.02 Å². The van der Waals surface area contributed by atoms with Crippen LogP contribution in [0, 0.1) is 0 Å². The first-order chi connectivity index (χ1) is 12.3. The van der Waals surface area contributed by atoms with Crippen molar-refractivity contribution in [2.45, 2.75) is 18.2 Å². The highest BCUT2D eigenvalue weighted by Gasteiger charge is 2.19. The largest absolute Gasteiger partial charge is 0.269 e. The van der Waals surface area contributed by atoms with Gasteiger partial charge in [0, 0.05) is 11.1 Å². The molecule has 9 heteroatoms. The molecule has 0 saturated carbocycles. The molecule has 2 amide bonds. The molecule has 2 rings (SSSR count). The molecule has 0 aliphatic rings. The maximum absolute atomic E-state index is 12.2. The van der Waals surface area contributed by atoms with Gasteiger partial charge in [0.25, 0.3) is 11.8 Å². The van der Waals surface area contributed by atoms with Crippen LogP contribution < -0.4 is 15.6 Å². The molecule has 0 aliphatic heterocycles. The number of aryl methyl sites for hydroxylation is 1. The summed E-state index contributed by atoms with van der Waals surface area (Å²) in [5.74, 6) is -1.16. The second kappa shape index (κ2) is 8.31. The number of nitrogens with one attached hydrogen (secondary N) is 3. The lowest BCUT2D eigenvalue weighted by Gasteiger charge is -2.10. The summed E-state index contributed by atoms with van der Waals surface area (Å²) in [6.45, 7) is 2.00. The zero-order valence-electron chi connectivity index (χ0n) is 14.2. The number of hydrazine groups is 1. The van der Waals surface area contributed by atoms with Gasteiger partial charge in [-0.3, -0.25) is 20.4 Å². The van der Waals surface area contributed by atoms with Gasteiger partial charge in [-0.15, -0.1) is 0 Å². The molecule has 0 radical (unpaired) electrons. The molecular weight excluding hydrogens is 378 g/mol. The van der Waals surface area contributed by atoms with Gasteiger partial charge in [-0.2, -0.15) is 0 Å². The molecule has 0 saturated heterocycles. The minimum Gasteiger partial charge on any atom is -0.267 e. The highest BCUT2D eigenvalue weighted by Crippen LogP contribution is 2.22. The van der Waals surface area contributed by atoms with Gasteiger partial charge in [-0.25, -0.2) is 13.1 Å². The van der Waals surface area contributed by atoms with Crippen molar-refractivity contribution in [2.75, 3.05) is 7.05 Å². The Labute approximate surface area is 156 Å². The molecule has 2 aromatic rings. The zero-order chi connectivity index (χ0) is 19.3. The second-order valence-corrected chi connectivity index (χ2v) is 7.57. The van der Waals surface area contributed by atoms with Crippen molar-refractivity contribution in [2.24, 2.45) is 0 Å². The van der Waals surface area contributed by atoms with E-state index in [4.69, 9.17) is 11.6 Å². The van der Waals surface area contributed by atoms with Crippen LogP contribution in [0.15, 0.2) is 47.4 Å². The SMILES string of the molecule is CCc1ccc(C(=O)NNC(=O)c2ccc(Cl)c(S(=O)(=O)NC)c2)cc1. The standard InChI is InChI=1S/C17H18ClN3O4S/c1-3-11-4-6-12(7-5-11)16(22)20-21-17(23)13-8-9-14(18)15(10-13)26(24,25)19-2/h4-10,19H,3H2,1-2H3,(H,20,22)(H,21,23). The van der Waals surface area contributed by atoms with E-state index in [-0.39, 0.29) is 15.5 Å². The average molecular weight is 396 g/mol. The first-order valence-electron chi connectivity index (χ1n) is 7.71.